The Morgan fingerprint density at radius 1 is 1.12 bits per heavy atom. The maximum atomic E-state index is 10.5. The molecule has 1 aromatic heterocycles. The molecule has 0 saturated heterocycles. The molecular weight excluding hydrogens is 306 g/mol. The number of methoxy groups -OCH3 is 2. The summed E-state index contributed by atoms with van der Waals surface area (Å²) < 4.78 is 10.4. The van der Waals surface area contributed by atoms with Gasteiger partial charge in [0, 0.05) is 18.5 Å². The van der Waals surface area contributed by atoms with Crippen molar-refractivity contribution < 1.29 is 19.4 Å². The summed E-state index contributed by atoms with van der Waals surface area (Å²) in [6.07, 6.45) is 9.15. The van der Waals surface area contributed by atoms with Crippen molar-refractivity contribution in [2.45, 2.75) is 13.3 Å². The largest absolute Gasteiger partial charge is 0.493 e. The van der Waals surface area contributed by atoms with E-state index in [0.29, 0.717) is 11.5 Å². The molecule has 0 aliphatic heterocycles. The van der Waals surface area contributed by atoms with Gasteiger partial charge in [0.05, 0.1) is 14.2 Å². The van der Waals surface area contributed by atoms with E-state index in [0.717, 1.165) is 23.6 Å². The summed E-state index contributed by atoms with van der Waals surface area (Å²) in [5, 5.41) is 8.62. The number of aliphatic carboxylic acids is 1. The molecule has 0 aliphatic rings. The van der Waals surface area contributed by atoms with E-state index in [1.165, 1.54) is 0 Å². The minimum atomic E-state index is -0.952. The maximum absolute atomic E-state index is 10.5. The topological polar surface area (TPSA) is 71.6 Å². The Kier molecular flexibility index (Phi) is 8.53. The van der Waals surface area contributed by atoms with Gasteiger partial charge in [-0.25, -0.2) is 4.79 Å². The van der Waals surface area contributed by atoms with Crippen LogP contribution in [0.15, 0.2) is 60.5 Å². The second kappa shape index (κ2) is 10.7. The van der Waals surface area contributed by atoms with Gasteiger partial charge in [0.2, 0.25) is 0 Å². The van der Waals surface area contributed by atoms with Crippen molar-refractivity contribution in [1.29, 1.82) is 0 Å². The molecule has 1 heterocycles. The summed E-state index contributed by atoms with van der Waals surface area (Å²) in [5.41, 5.74) is 1.86. The van der Waals surface area contributed by atoms with E-state index in [-0.39, 0.29) is 0 Å². The molecule has 5 heteroatoms. The molecule has 0 saturated carbocycles. The lowest BCUT2D eigenvalue weighted by atomic mass is 10.1. The van der Waals surface area contributed by atoms with Crippen LogP contribution in [0.2, 0.25) is 0 Å². The lowest BCUT2D eigenvalue weighted by Gasteiger charge is -2.08. The average molecular weight is 329 g/mol. The Bertz CT molecular complexity index is 655. The zero-order valence-corrected chi connectivity index (χ0v) is 14.2. The number of allylic oxidation sites excluding steroid dienone is 2. The van der Waals surface area contributed by atoms with Crippen molar-refractivity contribution in [3.05, 3.63) is 66.0 Å². The van der Waals surface area contributed by atoms with Gasteiger partial charge in [-0.15, -0.1) is 0 Å². The predicted molar refractivity (Wildman–Crippen MR) is 95.4 cm³/mol. The van der Waals surface area contributed by atoms with Crippen molar-refractivity contribution >= 4 is 12.0 Å². The van der Waals surface area contributed by atoms with Gasteiger partial charge in [0.25, 0.3) is 0 Å². The Balaban J connectivity index is 0.000000488. The van der Waals surface area contributed by atoms with Crippen molar-refractivity contribution in [2.24, 2.45) is 0 Å². The Morgan fingerprint density at radius 2 is 1.79 bits per heavy atom. The number of H-pyrrole nitrogens is 1. The molecule has 2 aromatic rings. The molecular formula is C19H23NO4. The highest BCUT2D eigenvalue weighted by atomic mass is 16.5. The third-order valence-electron chi connectivity index (χ3n) is 3.10. The van der Waals surface area contributed by atoms with E-state index in [1.807, 2.05) is 55.7 Å². The van der Waals surface area contributed by atoms with Gasteiger partial charge in [0.15, 0.2) is 11.5 Å². The molecule has 0 unspecified atom stereocenters. The molecule has 24 heavy (non-hydrogen) atoms. The number of carboxylic acid groups (broad SMARTS) is 1. The molecule has 0 radical (unpaired) electrons. The summed E-state index contributed by atoms with van der Waals surface area (Å²) in [5.74, 6) is 0.361. The number of carbonyl (C=O) groups is 1. The quantitative estimate of drug-likeness (QED) is 0.617. The molecule has 5 nitrogen and oxygen atoms in total. The van der Waals surface area contributed by atoms with Gasteiger partial charge >= 0.3 is 5.97 Å². The van der Waals surface area contributed by atoms with Crippen LogP contribution >= 0.6 is 0 Å². The summed E-state index contributed by atoms with van der Waals surface area (Å²) in [7, 11) is 3.16. The minimum Gasteiger partial charge on any atom is -0.493 e. The van der Waals surface area contributed by atoms with Crippen molar-refractivity contribution in [3.8, 4) is 11.5 Å². The molecule has 0 amide bonds. The maximum Gasteiger partial charge on any atom is 0.328 e. The van der Waals surface area contributed by atoms with E-state index in [4.69, 9.17) is 14.6 Å². The third kappa shape index (κ3) is 6.87. The Hall–Kier alpha value is -2.95. The highest BCUT2D eigenvalue weighted by Gasteiger charge is 2.03. The monoisotopic (exact) mass is 329 g/mol. The van der Waals surface area contributed by atoms with Gasteiger partial charge in [-0.3, -0.25) is 0 Å². The summed E-state index contributed by atoms with van der Waals surface area (Å²) in [4.78, 5) is 13.4. The summed E-state index contributed by atoms with van der Waals surface area (Å²) in [6.45, 7) is 1.97. The van der Waals surface area contributed by atoms with Crippen LogP contribution in [0.4, 0.5) is 0 Å². The van der Waals surface area contributed by atoms with E-state index in [2.05, 4.69) is 4.98 Å². The first-order chi connectivity index (χ1) is 11.6. The number of hydrogen-bond donors (Lipinski definition) is 2. The fourth-order valence-corrected chi connectivity index (χ4v) is 1.88. The number of carboxylic acids is 1. The fourth-order valence-electron chi connectivity index (χ4n) is 1.88. The highest BCUT2D eigenvalue weighted by Crippen LogP contribution is 2.28. The van der Waals surface area contributed by atoms with E-state index in [9.17, 15) is 4.79 Å². The van der Waals surface area contributed by atoms with E-state index in [1.54, 1.807) is 20.3 Å². The van der Waals surface area contributed by atoms with Gasteiger partial charge in [-0.2, -0.15) is 0 Å². The normalized spacial score (nSPS) is 10.9. The van der Waals surface area contributed by atoms with Crippen LogP contribution in [0, 0.1) is 0 Å². The number of aromatic nitrogens is 1. The molecule has 0 atom stereocenters. The molecule has 2 rings (SSSR count). The first-order valence-electron chi connectivity index (χ1n) is 7.52. The molecule has 0 bridgehead atoms. The van der Waals surface area contributed by atoms with Gasteiger partial charge in [0.1, 0.15) is 0 Å². The number of rotatable bonds is 6. The number of nitrogens with one attached hydrogen (secondary N) is 1. The van der Waals surface area contributed by atoms with Gasteiger partial charge in [-0.1, -0.05) is 25.1 Å². The van der Waals surface area contributed by atoms with Crippen LogP contribution in [0.1, 0.15) is 18.9 Å². The zero-order chi connectivity index (χ0) is 17.8. The van der Waals surface area contributed by atoms with Gasteiger partial charge < -0.3 is 19.6 Å². The van der Waals surface area contributed by atoms with Crippen molar-refractivity contribution in [3.63, 3.8) is 0 Å². The molecule has 2 N–H and O–H groups in total. The van der Waals surface area contributed by atoms with E-state index < -0.39 is 5.97 Å². The second-order valence-electron chi connectivity index (χ2n) is 4.74. The van der Waals surface area contributed by atoms with Crippen molar-refractivity contribution in [1.82, 2.24) is 4.98 Å². The van der Waals surface area contributed by atoms with Crippen LogP contribution < -0.4 is 9.47 Å². The number of hydrogen-bond acceptors (Lipinski definition) is 3. The highest BCUT2D eigenvalue weighted by molar-refractivity contribution is 5.80. The SMILES string of the molecule is CCC(C=CC(=O)O)=Cc1ccc(OC)c(OC)c1.c1cc[nH]c1. The van der Waals surface area contributed by atoms with Crippen LogP contribution in [-0.4, -0.2) is 30.3 Å². The van der Waals surface area contributed by atoms with Crippen molar-refractivity contribution in [2.75, 3.05) is 14.2 Å². The zero-order valence-electron chi connectivity index (χ0n) is 14.2. The minimum absolute atomic E-state index is 0.647. The predicted octanol–water partition coefficient (Wildman–Crippen LogP) is 4.15. The third-order valence-corrected chi connectivity index (χ3v) is 3.10. The number of ether oxygens (including phenoxy) is 2. The first kappa shape index (κ1) is 19.1. The first-order valence-corrected chi connectivity index (χ1v) is 7.52. The van der Waals surface area contributed by atoms with Gasteiger partial charge in [-0.05, 0) is 41.8 Å². The van der Waals surface area contributed by atoms with Crippen LogP contribution in [0.5, 0.6) is 11.5 Å². The molecule has 128 valence electrons. The van der Waals surface area contributed by atoms with Crippen LogP contribution in [0.25, 0.3) is 6.08 Å². The fraction of sp³-hybridized carbons (Fsp3) is 0.211. The Labute approximate surface area is 142 Å². The molecule has 0 fully saturated rings. The Morgan fingerprint density at radius 3 is 2.25 bits per heavy atom. The van der Waals surface area contributed by atoms with Crippen LogP contribution in [0.3, 0.4) is 0 Å². The smallest absolute Gasteiger partial charge is 0.328 e. The molecule has 0 aliphatic carbocycles. The number of benzene rings is 1. The molecule has 1 aromatic carbocycles. The van der Waals surface area contributed by atoms with E-state index >= 15 is 0 Å². The van der Waals surface area contributed by atoms with Crippen LogP contribution in [-0.2, 0) is 4.79 Å². The standard InChI is InChI=1S/C15H18O4.C4H5N/c1-4-11(6-8-15(16)17)9-12-5-7-13(18-2)14(10-12)19-3;1-2-4-5-3-1/h5-10H,4H2,1-3H3,(H,16,17);1-5H. The lowest BCUT2D eigenvalue weighted by Crippen LogP contribution is -1.91. The summed E-state index contributed by atoms with van der Waals surface area (Å²) >= 11 is 0. The summed E-state index contributed by atoms with van der Waals surface area (Å²) in [6, 6.07) is 9.45. The number of aromatic amines is 1. The molecule has 0 spiro atoms. The lowest BCUT2D eigenvalue weighted by molar-refractivity contribution is -0.131. The second-order valence-corrected chi connectivity index (χ2v) is 4.74. The average Bonchev–Trinajstić information content (AvgIpc) is 3.18.